The predicted molar refractivity (Wildman–Crippen MR) is 130 cm³/mol. The van der Waals surface area contributed by atoms with Crippen molar-refractivity contribution in [1.29, 1.82) is 0 Å². The van der Waals surface area contributed by atoms with Crippen molar-refractivity contribution in [3.8, 4) is 11.4 Å². The Labute approximate surface area is 194 Å². The number of nitrogens with two attached hydrogens (primary N) is 1. The second kappa shape index (κ2) is 10.3. The average molecular weight is 448 g/mol. The zero-order valence-electron chi connectivity index (χ0n) is 19.5. The summed E-state index contributed by atoms with van der Waals surface area (Å²) < 4.78 is 3.58. The van der Waals surface area contributed by atoms with Crippen LogP contribution in [-0.4, -0.2) is 50.5 Å². The molecule has 0 unspecified atom stereocenters. The third-order valence-electron chi connectivity index (χ3n) is 6.39. The van der Waals surface area contributed by atoms with Gasteiger partial charge in [-0.1, -0.05) is 30.3 Å². The molecule has 1 aromatic carbocycles. The first-order valence-corrected chi connectivity index (χ1v) is 11.7. The maximum absolute atomic E-state index is 13.0. The van der Waals surface area contributed by atoms with Gasteiger partial charge in [-0.15, -0.1) is 0 Å². The van der Waals surface area contributed by atoms with Crippen molar-refractivity contribution in [1.82, 2.24) is 19.0 Å². The van der Waals surface area contributed by atoms with E-state index in [1.165, 1.54) is 0 Å². The quantitative estimate of drug-likeness (QED) is 0.537. The van der Waals surface area contributed by atoms with Crippen LogP contribution < -0.4 is 11.3 Å². The number of likely N-dealkylation sites (tertiary alicyclic amines) is 1. The van der Waals surface area contributed by atoms with Gasteiger partial charge in [0, 0.05) is 49.6 Å². The molecule has 0 atom stereocenters. The number of aromatic nitrogens is 3. The highest BCUT2D eigenvalue weighted by Gasteiger charge is 2.19. The second-order valence-electron chi connectivity index (χ2n) is 9.10. The number of piperidine rings is 1. The number of benzene rings is 1. The smallest absolute Gasteiger partial charge is 0.253 e. The number of nitrogens with zero attached hydrogens (tertiary/aromatic N) is 4. The molecule has 0 bridgehead atoms. The summed E-state index contributed by atoms with van der Waals surface area (Å²) in [5.41, 5.74) is 9.04. The summed E-state index contributed by atoms with van der Waals surface area (Å²) in [6, 6.07) is 12.3. The molecule has 3 aromatic rings. The molecule has 7 heteroatoms. The molecule has 2 aromatic heterocycles. The van der Waals surface area contributed by atoms with Crippen molar-refractivity contribution in [3.63, 3.8) is 0 Å². The lowest BCUT2D eigenvalue weighted by Gasteiger charge is -2.29. The summed E-state index contributed by atoms with van der Waals surface area (Å²) in [4.78, 5) is 32.3. The van der Waals surface area contributed by atoms with Gasteiger partial charge < -0.3 is 19.8 Å². The Balaban J connectivity index is 1.54. The molecule has 0 saturated carbocycles. The number of carbonyl (C=O) groups excluding carboxylic acids is 1. The minimum atomic E-state index is -0.0325. The molecule has 1 fully saturated rings. The van der Waals surface area contributed by atoms with Crippen molar-refractivity contribution >= 4 is 5.78 Å². The van der Waals surface area contributed by atoms with Gasteiger partial charge in [-0.25, -0.2) is 4.98 Å². The van der Waals surface area contributed by atoms with Crippen LogP contribution in [-0.2, 0) is 13.6 Å². The third kappa shape index (κ3) is 5.67. The van der Waals surface area contributed by atoms with Crippen molar-refractivity contribution < 1.29 is 4.79 Å². The zero-order valence-corrected chi connectivity index (χ0v) is 19.5. The first-order chi connectivity index (χ1) is 15.9. The molecule has 33 heavy (non-hydrogen) atoms. The van der Waals surface area contributed by atoms with Crippen molar-refractivity contribution in [3.05, 3.63) is 76.0 Å². The highest BCUT2D eigenvalue weighted by Crippen LogP contribution is 2.21. The highest BCUT2D eigenvalue weighted by molar-refractivity contribution is 5.94. The molecule has 4 rings (SSSR count). The van der Waals surface area contributed by atoms with Crippen LogP contribution in [0.1, 0.15) is 47.3 Å². The van der Waals surface area contributed by atoms with E-state index in [0.29, 0.717) is 36.1 Å². The number of pyridine rings is 1. The van der Waals surface area contributed by atoms with E-state index in [4.69, 9.17) is 10.7 Å². The van der Waals surface area contributed by atoms with Gasteiger partial charge in [0.2, 0.25) is 0 Å². The molecule has 174 valence electrons. The highest BCUT2D eigenvalue weighted by atomic mass is 16.1. The summed E-state index contributed by atoms with van der Waals surface area (Å²) in [5.74, 6) is 0.754. The third-order valence-corrected chi connectivity index (χ3v) is 6.39. The molecule has 1 aliphatic heterocycles. The lowest BCUT2D eigenvalue weighted by Crippen LogP contribution is -2.40. The fourth-order valence-corrected chi connectivity index (χ4v) is 4.45. The molecule has 2 N–H and O–H groups in total. The number of ketones is 1. The number of aryl methyl sites for hydroxylation is 2. The summed E-state index contributed by atoms with van der Waals surface area (Å²) in [7, 11) is 1.74. The van der Waals surface area contributed by atoms with Gasteiger partial charge in [0.1, 0.15) is 11.5 Å². The Hall–Kier alpha value is -3.03. The van der Waals surface area contributed by atoms with E-state index in [1.54, 1.807) is 24.7 Å². The van der Waals surface area contributed by atoms with Crippen LogP contribution in [0, 0.1) is 6.92 Å². The minimum absolute atomic E-state index is 0.0325. The monoisotopic (exact) mass is 447 g/mol. The fourth-order valence-electron chi connectivity index (χ4n) is 4.45. The number of hydrogen-bond donors (Lipinski definition) is 1. The van der Waals surface area contributed by atoms with E-state index in [0.717, 1.165) is 50.0 Å². The van der Waals surface area contributed by atoms with Crippen LogP contribution in [0.25, 0.3) is 11.4 Å². The zero-order chi connectivity index (χ0) is 23.4. The number of carbonyl (C=O) groups is 1. The molecule has 3 heterocycles. The molecule has 1 saturated heterocycles. The second-order valence-corrected chi connectivity index (χ2v) is 9.10. The molecule has 7 nitrogen and oxygen atoms in total. The van der Waals surface area contributed by atoms with Crippen molar-refractivity contribution in [2.45, 2.75) is 45.2 Å². The topological polar surface area (TPSA) is 86.2 Å². The maximum atomic E-state index is 13.0. The van der Waals surface area contributed by atoms with Gasteiger partial charge in [0.25, 0.3) is 5.56 Å². The van der Waals surface area contributed by atoms with Gasteiger partial charge in [-0.3, -0.25) is 9.59 Å². The first kappa shape index (κ1) is 23.1. The summed E-state index contributed by atoms with van der Waals surface area (Å²) in [5, 5.41) is 0. The molecule has 0 radical (unpaired) electrons. The largest absolute Gasteiger partial charge is 0.328 e. The molecule has 0 amide bonds. The van der Waals surface area contributed by atoms with Crippen LogP contribution in [0.4, 0.5) is 0 Å². The molecule has 0 aliphatic carbocycles. The average Bonchev–Trinajstić information content (AvgIpc) is 3.23. The standard InChI is InChI=1S/C26H33N5O2/c1-19-15-21(17-29(2)26(19)33)25-28-23(18-31(25)16-20-7-4-3-5-8-20)24(32)9-6-12-30-13-10-22(27)11-14-30/h3-5,7-8,15,17-18,22H,6,9-14,16,27H2,1-2H3. The Kier molecular flexibility index (Phi) is 7.20. The molecular formula is C26H33N5O2. The van der Waals surface area contributed by atoms with Crippen LogP contribution in [0.5, 0.6) is 0 Å². The molecule has 0 spiro atoms. The summed E-state index contributed by atoms with van der Waals surface area (Å²) in [6.45, 7) is 5.34. The van der Waals surface area contributed by atoms with Crippen LogP contribution in [0.2, 0.25) is 0 Å². The molecular weight excluding hydrogens is 414 g/mol. The molecule has 1 aliphatic rings. The number of imidazole rings is 1. The van der Waals surface area contributed by atoms with Gasteiger partial charge in [0.05, 0.1) is 0 Å². The fraction of sp³-hybridized carbons (Fsp3) is 0.423. The van der Waals surface area contributed by atoms with Crippen molar-refractivity contribution in [2.75, 3.05) is 19.6 Å². The van der Waals surface area contributed by atoms with E-state index in [9.17, 15) is 9.59 Å². The number of hydrogen-bond acceptors (Lipinski definition) is 5. The van der Waals surface area contributed by atoms with E-state index in [-0.39, 0.29) is 11.3 Å². The van der Waals surface area contributed by atoms with E-state index in [1.807, 2.05) is 35.0 Å². The van der Waals surface area contributed by atoms with Gasteiger partial charge in [-0.2, -0.15) is 0 Å². The van der Waals surface area contributed by atoms with E-state index in [2.05, 4.69) is 17.0 Å². The normalized spacial score (nSPS) is 15.1. The Bertz CT molecular complexity index is 1130. The van der Waals surface area contributed by atoms with Gasteiger partial charge in [-0.05, 0) is 57.5 Å². The van der Waals surface area contributed by atoms with Crippen LogP contribution in [0.3, 0.4) is 0 Å². The summed E-state index contributed by atoms with van der Waals surface area (Å²) >= 11 is 0. The first-order valence-electron chi connectivity index (χ1n) is 11.7. The number of rotatable bonds is 8. The SMILES string of the molecule is Cc1cc(-c2nc(C(=O)CCCN3CCC(N)CC3)cn2Cc2ccccc2)cn(C)c1=O. The number of Topliss-reactive ketones (excluding diaryl/α,β-unsaturated/α-hetero) is 1. The lowest BCUT2D eigenvalue weighted by molar-refractivity contribution is 0.0967. The maximum Gasteiger partial charge on any atom is 0.253 e. The van der Waals surface area contributed by atoms with Crippen molar-refractivity contribution in [2.24, 2.45) is 12.8 Å². The van der Waals surface area contributed by atoms with E-state index >= 15 is 0 Å². The van der Waals surface area contributed by atoms with Crippen LogP contribution in [0.15, 0.2) is 53.6 Å². The lowest BCUT2D eigenvalue weighted by atomic mass is 10.1. The Morgan fingerprint density at radius 2 is 1.88 bits per heavy atom. The Morgan fingerprint density at radius 1 is 1.15 bits per heavy atom. The predicted octanol–water partition coefficient (Wildman–Crippen LogP) is 2.99. The Morgan fingerprint density at radius 3 is 2.58 bits per heavy atom. The van der Waals surface area contributed by atoms with E-state index < -0.39 is 0 Å². The van der Waals surface area contributed by atoms with Crippen LogP contribution >= 0.6 is 0 Å². The van der Waals surface area contributed by atoms with Gasteiger partial charge in [0.15, 0.2) is 5.78 Å². The van der Waals surface area contributed by atoms with Gasteiger partial charge >= 0.3 is 0 Å². The summed E-state index contributed by atoms with van der Waals surface area (Å²) in [6.07, 6.45) is 6.98. The minimum Gasteiger partial charge on any atom is -0.328 e.